The van der Waals surface area contributed by atoms with Crippen LogP contribution in [0.15, 0.2) is 0 Å². The number of nitrogens with one attached hydrogen (secondary N) is 2. The van der Waals surface area contributed by atoms with E-state index in [2.05, 4.69) is 10.6 Å². The Morgan fingerprint density at radius 3 is 2.53 bits per heavy atom. The van der Waals surface area contributed by atoms with Crippen molar-refractivity contribution in [2.45, 2.75) is 57.5 Å². The van der Waals surface area contributed by atoms with E-state index in [4.69, 9.17) is 0 Å². The third-order valence-corrected chi connectivity index (χ3v) is 4.10. The highest BCUT2D eigenvalue weighted by Gasteiger charge is 2.29. The Hall–Kier alpha value is -1.10. The van der Waals surface area contributed by atoms with Crippen molar-refractivity contribution in [3.8, 4) is 0 Å². The summed E-state index contributed by atoms with van der Waals surface area (Å²) in [6.07, 6.45) is 5.58. The Kier molecular flexibility index (Phi) is 5.19. The molecule has 2 amide bonds. The SMILES string of the molecule is CCC(=O)NC1CCN(C(=O)[C@H]2CCCCN2)CC1. The number of carbonyl (C=O) groups excluding carboxylic acids is 2. The van der Waals surface area contributed by atoms with Crippen LogP contribution in [0, 0.1) is 0 Å². The Bertz CT molecular complexity index is 319. The topological polar surface area (TPSA) is 61.4 Å². The van der Waals surface area contributed by atoms with Gasteiger partial charge >= 0.3 is 0 Å². The van der Waals surface area contributed by atoms with E-state index in [0.717, 1.165) is 45.3 Å². The lowest BCUT2D eigenvalue weighted by molar-refractivity contribution is -0.135. The summed E-state index contributed by atoms with van der Waals surface area (Å²) in [5.41, 5.74) is 0. The van der Waals surface area contributed by atoms with E-state index in [0.29, 0.717) is 6.42 Å². The van der Waals surface area contributed by atoms with Gasteiger partial charge in [-0.2, -0.15) is 0 Å². The third-order valence-electron chi connectivity index (χ3n) is 4.10. The second-order valence-electron chi connectivity index (χ2n) is 5.52. The molecule has 2 N–H and O–H groups in total. The van der Waals surface area contributed by atoms with Crippen molar-refractivity contribution >= 4 is 11.8 Å². The van der Waals surface area contributed by atoms with Crippen LogP contribution in [0.25, 0.3) is 0 Å². The van der Waals surface area contributed by atoms with Gasteiger partial charge in [-0.1, -0.05) is 13.3 Å². The molecule has 0 aliphatic carbocycles. The lowest BCUT2D eigenvalue weighted by atomic mass is 10.0. The van der Waals surface area contributed by atoms with Crippen molar-refractivity contribution < 1.29 is 9.59 Å². The highest BCUT2D eigenvalue weighted by molar-refractivity contribution is 5.82. The van der Waals surface area contributed by atoms with Crippen LogP contribution in [0.2, 0.25) is 0 Å². The molecular formula is C14H25N3O2. The fraction of sp³-hybridized carbons (Fsp3) is 0.857. The molecule has 0 unspecified atom stereocenters. The van der Waals surface area contributed by atoms with E-state index in [-0.39, 0.29) is 23.9 Å². The molecule has 2 saturated heterocycles. The van der Waals surface area contributed by atoms with Crippen LogP contribution in [0.5, 0.6) is 0 Å². The molecule has 19 heavy (non-hydrogen) atoms. The summed E-state index contributed by atoms with van der Waals surface area (Å²) in [5, 5.41) is 6.32. The van der Waals surface area contributed by atoms with Crippen LogP contribution < -0.4 is 10.6 Å². The molecule has 108 valence electrons. The molecule has 5 heteroatoms. The zero-order valence-electron chi connectivity index (χ0n) is 11.8. The van der Waals surface area contributed by atoms with Crippen LogP contribution in [-0.2, 0) is 9.59 Å². The first kappa shape index (κ1) is 14.3. The van der Waals surface area contributed by atoms with Crippen LogP contribution in [0.4, 0.5) is 0 Å². The minimum Gasteiger partial charge on any atom is -0.353 e. The monoisotopic (exact) mass is 267 g/mol. The van der Waals surface area contributed by atoms with Gasteiger partial charge in [-0.25, -0.2) is 0 Å². The number of nitrogens with zero attached hydrogens (tertiary/aromatic N) is 1. The Balaban J connectivity index is 1.76. The van der Waals surface area contributed by atoms with Crippen molar-refractivity contribution in [2.24, 2.45) is 0 Å². The molecule has 2 heterocycles. The number of hydrogen-bond acceptors (Lipinski definition) is 3. The largest absolute Gasteiger partial charge is 0.353 e. The maximum Gasteiger partial charge on any atom is 0.239 e. The van der Waals surface area contributed by atoms with Crippen molar-refractivity contribution in [1.82, 2.24) is 15.5 Å². The number of hydrogen-bond donors (Lipinski definition) is 2. The van der Waals surface area contributed by atoms with Gasteiger partial charge in [0.2, 0.25) is 11.8 Å². The molecule has 2 fully saturated rings. The summed E-state index contributed by atoms with van der Waals surface area (Å²) in [4.78, 5) is 25.6. The number of likely N-dealkylation sites (tertiary alicyclic amines) is 1. The average Bonchev–Trinajstić information content (AvgIpc) is 2.48. The maximum atomic E-state index is 12.3. The summed E-state index contributed by atoms with van der Waals surface area (Å²) in [6.45, 7) is 4.36. The Labute approximate surface area is 115 Å². The molecule has 2 aliphatic heterocycles. The fourth-order valence-corrected chi connectivity index (χ4v) is 2.86. The van der Waals surface area contributed by atoms with Gasteiger partial charge < -0.3 is 15.5 Å². The van der Waals surface area contributed by atoms with Crippen LogP contribution >= 0.6 is 0 Å². The standard InChI is InChI=1S/C14H25N3O2/c1-2-13(18)16-11-6-9-17(10-7-11)14(19)12-5-3-4-8-15-12/h11-12,15H,2-10H2,1H3,(H,16,18)/t12-/m1/s1. The summed E-state index contributed by atoms with van der Waals surface area (Å²) < 4.78 is 0. The molecule has 0 aromatic carbocycles. The van der Waals surface area contributed by atoms with Crippen molar-refractivity contribution in [1.29, 1.82) is 0 Å². The summed E-state index contributed by atoms with van der Waals surface area (Å²) in [7, 11) is 0. The Morgan fingerprint density at radius 2 is 1.95 bits per heavy atom. The van der Waals surface area contributed by atoms with Gasteiger partial charge in [0.05, 0.1) is 6.04 Å². The zero-order chi connectivity index (χ0) is 13.7. The normalized spacial score (nSPS) is 25.1. The van der Waals surface area contributed by atoms with Gasteiger partial charge in [0.15, 0.2) is 0 Å². The van der Waals surface area contributed by atoms with Crippen LogP contribution in [-0.4, -0.2) is 48.4 Å². The summed E-state index contributed by atoms with van der Waals surface area (Å²) in [6, 6.07) is 0.270. The van der Waals surface area contributed by atoms with Crippen molar-refractivity contribution in [3.05, 3.63) is 0 Å². The lowest BCUT2D eigenvalue weighted by Gasteiger charge is -2.35. The summed E-state index contributed by atoms with van der Waals surface area (Å²) >= 11 is 0. The second kappa shape index (κ2) is 6.89. The first-order valence-corrected chi connectivity index (χ1v) is 7.52. The lowest BCUT2D eigenvalue weighted by Crippen LogP contribution is -2.53. The highest BCUT2D eigenvalue weighted by Crippen LogP contribution is 2.15. The Morgan fingerprint density at radius 1 is 1.21 bits per heavy atom. The van der Waals surface area contributed by atoms with Crippen molar-refractivity contribution in [2.75, 3.05) is 19.6 Å². The van der Waals surface area contributed by atoms with E-state index in [9.17, 15) is 9.59 Å². The number of amides is 2. The molecular weight excluding hydrogens is 242 g/mol. The van der Waals surface area contributed by atoms with Gasteiger partial charge in [0.25, 0.3) is 0 Å². The van der Waals surface area contributed by atoms with Gasteiger partial charge in [0.1, 0.15) is 0 Å². The number of piperidine rings is 2. The quantitative estimate of drug-likeness (QED) is 0.789. The summed E-state index contributed by atoms with van der Waals surface area (Å²) in [5.74, 6) is 0.360. The molecule has 2 rings (SSSR count). The molecule has 0 radical (unpaired) electrons. The van der Waals surface area contributed by atoms with Crippen LogP contribution in [0.1, 0.15) is 45.4 Å². The van der Waals surface area contributed by atoms with Crippen LogP contribution in [0.3, 0.4) is 0 Å². The molecule has 0 saturated carbocycles. The average molecular weight is 267 g/mol. The maximum absolute atomic E-state index is 12.3. The number of rotatable bonds is 3. The minimum absolute atomic E-state index is 0.0236. The first-order chi connectivity index (χ1) is 9.20. The predicted octanol–water partition coefficient (Wildman–Crippen LogP) is 0.646. The fourth-order valence-electron chi connectivity index (χ4n) is 2.86. The molecule has 1 atom stereocenters. The smallest absolute Gasteiger partial charge is 0.239 e. The van der Waals surface area contributed by atoms with Gasteiger partial charge in [0, 0.05) is 25.6 Å². The van der Waals surface area contributed by atoms with E-state index in [1.54, 1.807) is 0 Å². The van der Waals surface area contributed by atoms with E-state index < -0.39 is 0 Å². The number of carbonyl (C=O) groups is 2. The van der Waals surface area contributed by atoms with Gasteiger partial charge in [-0.15, -0.1) is 0 Å². The van der Waals surface area contributed by atoms with Gasteiger partial charge in [-0.05, 0) is 32.2 Å². The molecule has 2 aliphatic rings. The predicted molar refractivity (Wildman–Crippen MR) is 73.7 cm³/mol. The third kappa shape index (κ3) is 3.93. The van der Waals surface area contributed by atoms with Crippen molar-refractivity contribution in [3.63, 3.8) is 0 Å². The van der Waals surface area contributed by atoms with E-state index >= 15 is 0 Å². The zero-order valence-corrected chi connectivity index (χ0v) is 11.8. The first-order valence-electron chi connectivity index (χ1n) is 7.52. The molecule has 0 spiro atoms. The minimum atomic E-state index is 0.0236. The highest BCUT2D eigenvalue weighted by atomic mass is 16.2. The molecule has 5 nitrogen and oxygen atoms in total. The van der Waals surface area contributed by atoms with Gasteiger partial charge in [-0.3, -0.25) is 9.59 Å². The molecule has 0 aromatic rings. The van der Waals surface area contributed by atoms with E-state index in [1.165, 1.54) is 6.42 Å². The van der Waals surface area contributed by atoms with E-state index in [1.807, 2.05) is 11.8 Å². The molecule has 0 aromatic heterocycles. The second-order valence-corrected chi connectivity index (χ2v) is 5.52. The molecule has 0 bridgehead atoms.